The lowest BCUT2D eigenvalue weighted by atomic mass is 10.1. The Morgan fingerprint density at radius 1 is 1.00 bits per heavy atom. The van der Waals surface area contributed by atoms with Gasteiger partial charge in [0.2, 0.25) is 5.82 Å². The third kappa shape index (κ3) is 3.84. The number of anilines is 1. The summed E-state index contributed by atoms with van der Waals surface area (Å²) in [5.74, 6) is -0.498. The molecule has 2 heterocycles. The normalized spacial score (nSPS) is 11.4. The second kappa shape index (κ2) is 6.87. The van der Waals surface area contributed by atoms with Gasteiger partial charge in [0.05, 0.1) is 5.52 Å². The van der Waals surface area contributed by atoms with Gasteiger partial charge in [-0.05, 0) is 63.9 Å². The topological polar surface area (TPSA) is 75.5 Å². The highest BCUT2D eigenvalue weighted by molar-refractivity contribution is 6.06. The Balaban J connectivity index is 2.01. The minimum atomic E-state index is -0.400. The van der Waals surface area contributed by atoms with Crippen molar-refractivity contribution in [3.8, 4) is 0 Å². The van der Waals surface area contributed by atoms with Crippen molar-refractivity contribution in [3.05, 3.63) is 65.2 Å². The summed E-state index contributed by atoms with van der Waals surface area (Å²) in [6.45, 7) is 9.65. The van der Waals surface area contributed by atoms with Crippen molar-refractivity contribution in [2.24, 2.45) is 0 Å². The maximum atomic E-state index is 12.9. The Morgan fingerprint density at radius 2 is 1.74 bits per heavy atom. The van der Waals surface area contributed by atoms with Gasteiger partial charge in [-0.1, -0.05) is 18.2 Å². The van der Waals surface area contributed by atoms with Crippen molar-refractivity contribution < 1.29 is 9.59 Å². The predicted molar refractivity (Wildman–Crippen MR) is 106 cm³/mol. The number of hydrogen-bond donors (Lipinski definition) is 2. The third-order valence-corrected chi connectivity index (χ3v) is 4.31. The average molecular weight is 364 g/mol. The molecule has 0 saturated carbocycles. The molecule has 6 heteroatoms. The van der Waals surface area contributed by atoms with E-state index in [4.69, 9.17) is 0 Å². The monoisotopic (exact) mass is 364 g/mol. The van der Waals surface area contributed by atoms with Crippen LogP contribution in [0.5, 0.6) is 0 Å². The highest BCUT2D eigenvalue weighted by atomic mass is 16.2. The molecular formula is C21H24N4O2. The highest BCUT2D eigenvalue weighted by Gasteiger charge is 2.24. The van der Waals surface area contributed by atoms with E-state index in [0.717, 1.165) is 16.8 Å². The fraction of sp³-hybridized carbons (Fsp3) is 0.286. The first-order valence-electron chi connectivity index (χ1n) is 8.84. The van der Waals surface area contributed by atoms with Crippen LogP contribution in [-0.4, -0.2) is 26.7 Å². The number of fused-ring (bicyclic) bond motifs is 1. The van der Waals surface area contributed by atoms with Crippen LogP contribution in [0.4, 0.5) is 5.69 Å². The van der Waals surface area contributed by atoms with Gasteiger partial charge in [0.25, 0.3) is 11.8 Å². The maximum absolute atomic E-state index is 12.9. The number of aryl methyl sites for hydroxylation is 1. The summed E-state index contributed by atoms with van der Waals surface area (Å²) in [6, 6.07) is 11.1. The minimum Gasteiger partial charge on any atom is -0.346 e. The van der Waals surface area contributed by atoms with E-state index >= 15 is 0 Å². The lowest BCUT2D eigenvalue weighted by Crippen LogP contribution is -2.40. The van der Waals surface area contributed by atoms with Crippen LogP contribution in [0.15, 0.2) is 42.6 Å². The number of pyridine rings is 1. The number of hydrogen-bond acceptors (Lipinski definition) is 3. The van der Waals surface area contributed by atoms with Crippen molar-refractivity contribution in [2.45, 2.75) is 40.2 Å². The molecule has 2 N–H and O–H groups in total. The number of carbonyl (C=O) groups excluding carboxylic acids is 2. The number of nitrogens with one attached hydrogen (secondary N) is 2. The van der Waals surface area contributed by atoms with Gasteiger partial charge in [0, 0.05) is 17.4 Å². The van der Waals surface area contributed by atoms with E-state index in [0.29, 0.717) is 5.52 Å². The Bertz CT molecular complexity index is 1030. The van der Waals surface area contributed by atoms with Crippen LogP contribution in [-0.2, 0) is 0 Å². The summed E-state index contributed by atoms with van der Waals surface area (Å²) in [4.78, 5) is 29.9. The number of nitrogens with zero attached hydrogens (tertiary/aromatic N) is 2. The summed E-state index contributed by atoms with van der Waals surface area (Å²) in [5, 5.41) is 5.81. The summed E-state index contributed by atoms with van der Waals surface area (Å²) in [6.07, 6.45) is 1.73. The van der Waals surface area contributed by atoms with Crippen LogP contribution in [0, 0.1) is 13.8 Å². The molecule has 0 radical (unpaired) electrons. The standard InChI is InChI=1S/C21H24N4O2/c1-13-9-8-10-15(14(13)2)22-20(27)18-23-17(19(26)24-21(3,4)5)16-11-6-7-12-25(16)18/h6-12H,1-5H3,(H,22,27)(H,24,26). The SMILES string of the molecule is Cc1cccc(NC(=O)c2nc(C(=O)NC(C)(C)C)c3ccccn23)c1C. The summed E-state index contributed by atoms with van der Waals surface area (Å²) >= 11 is 0. The molecule has 0 spiro atoms. The molecule has 1 aromatic carbocycles. The first-order valence-corrected chi connectivity index (χ1v) is 8.84. The molecule has 27 heavy (non-hydrogen) atoms. The van der Waals surface area contributed by atoms with Crippen molar-refractivity contribution in [1.82, 2.24) is 14.7 Å². The number of carbonyl (C=O) groups is 2. The van der Waals surface area contributed by atoms with Crippen LogP contribution in [0.3, 0.4) is 0 Å². The number of imidazole rings is 1. The van der Waals surface area contributed by atoms with Crippen LogP contribution in [0.1, 0.15) is 53.0 Å². The lowest BCUT2D eigenvalue weighted by molar-refractivity contribution is 0.0916. The van der Waals surface area contributed by atoms with Crippen LogP contribution >= 0.6 is 0 Å². The Hall–Kier alpha value is -3.15. The van der Waals surface area contributed by atoms with Crippen molar-refractivity contribution in [2.75, 3.05) is 5.32 Å². The molecule has 6 nitrogen and oxygen atoms in total. The molecule has 3 rings (SSSR count). The quantitative estimate of drug-likeness (QED) is 0.743. The zero-order valence-corrected chi connectivity index (χ0v) is 16.3. The van der Waals surface area contributed by atoms with Crippen molar-refractivity contribution in [1.29, 1.82) is 0 Å². The molecule has 0 saturated heterocycles. The van der Waals surface area contributed by atoms with Gasteiger partial charge in [-0.25, -0.2) is 4.98 Å². The number of benzene rings is 1. The van der Waals surface area contributed by atoms with Crippen LogP contribution < -0.4 is 10.6 Å². The van der Waals surface area contributed by atoms with Gasteiger partial charge in [0.1, 0.15) is 0 Å². The molecule has 0 aliphatic carbocycles. The molecular weight excluding hydrogens is 340 g/mol. The zero-order valence-electron chi connectivity index (χ0n) is 16.3. The molecule has 0 fully saturated rings. The smallest absolute Gasteiger partial charge is 0.292 e. The predicted octanol–water partition coefficient (Wildman–Crippen LogP) is 3.73. The van der Waals surface area contributed by atoms with Crippen LogP contribution in [0.25, 0.3) is 5.52 Å². The summed E-state index contributed by atoms with van der Waals surface area (Å²) in [5.41, 5.74) is 3.24. The number of aromatic nitrogens is 2. The van der Waals surface area contributed by atoms with Crippen molar-refractivity contribution >= 4 is 23.0 Å². The zero-order chi connectivity index (χ0) is 19.8. The largest absolute Gasteiger partial charge is 0.346 e. The third-order valence-electron chi connectivity index (χ3n) is 4.31. The Morgan fingerprint density at radius 3 is 2.44 bits per heavy atom. The Labute approximate surface area is 158 Å². The first kappa shape index (κ1) is 18.6. The molecule has 2 aromatic heterocycles. The molecule has 140 valence electrons. The van der Waals surface area contributed by atoms with Gasteiger partial charge < -0.3 is 10.6 Å². The van der Waals surface area contributed by atoms with Gasteiger partial charge in [0.15, 0.2) is 5.69 Å². The molecule has 0 aliphatic heterocycles. The first-order chi connectivity index (χ1) is 12.7. The molecule has 0 aliphatic rings. The number of amides is 2. The fourth-order valence-electron chi connectivity index (χ4n) is 2.83. The van der Waals surface area contributed by atoms with Gasteiger partial charge in [-0.15, -0.1) is 0 Å². The van der Waals surface area contributed by atoms with Crippen LogP contribution in [0.2, 0.25) is 0 Å². The van der Waals surface area contributed by atoms with Gasteiger partial charge in [-0.3, -0.25) is 14.0 Å². The highest BCUT2D eigenvalue weighted by Crippen LogP contribution is 2.20. The fourth-order valence-corrected chi connectivity index (χ4v) is 2.83. The number of rotatable bonds is 3. The molecule has 0 unspecified atom stereocenters. The molecule has 0 atom stereocenters. The minimum absolute atomic E-state index is 0.172. The summed E-state index contributed by atoms with van der Waals surface area (Å²) < 4.78 is 1.64. The second-order valence-electron chi connectivity index (χ2n) is 7.65. The van der Waals surface area contributed by atoms with Gasteiger partial charge >= 0.3 is 0 Å². The Kier molecular flexibility index (Phi) is 4.74. The molecule has 3 aromatic rings. The average Bonchev–Trinajstić information content (AvgIpc) is 2.97. The van der Waals surface area contributed by atoms with E-state index in [1.807, 2.05) is 58.9 Å². The van der Waals surface area contributed by atoms with E-state index in [2.05, 4.69) is 15.6 Å². The second-order valence-corrected chi connectivity index (χ2v) is 7.65. The molecule has 0 bridgehead atoms. The summed E-state index contributed by atoms with van der Waals surface area (Å²) in [7, 11) is 0. The lowest BCUT2D eigenvalue weighted by Gasteiger charge is -2.19. The van der Waals surface area contributed by atoms with E-state index in [-0.39, 0.29) is 23.3 Å². The van der Waals surface area contributed by atoms with Crippen molar-refractivity contribution in [3.63, 3.8) is 0 Å². The van der Waals surface area contributed by atoms with Gasteiger partial charge in [-0.2, -0.15) is 0 Å². The molecule has 2 amide bonds. The van der Waals surface area contributed by atoms with E-state index in [9.17, 15) is 9.59 Å². The van der Waals surface area contributed by atoms with E-state index in [1.54, 1.807) is 22.7 Å². The van der Waals surface area contributed by atoms with E-state index in [1.165, 1.54) is 0 Å². The maximum Gasteiger partial charge on any atom is 0.292 e. The van der Waals surface area contributed by atoms with E-state index < -0.39 is 5.54 Å².